The van der Waals surface area contributed by atoms with Gasteiger partial charge in [0, 0.05) is 32.6 Å². The van der Waals surface area contributed by atoms with E-state index in [1.165, 1.54) is 24.3 Å². The average molecular weight is 402 g/mol. The third kappa shape index (κ3) is 4.73. The fraction of sp³-hybridized carbons (Fsp3) is 0.222. The van der Waals surface area contributed by atoms with E-state index in [1.807, 2.05) is 0 Å². The highest BCUT2D eigenvalue weighted by molar-refractivity contribution is 6.39. The summed E-state index contributed by atoms with van der Waals surface area (Å²) in [5.41, 5.74) is 0.801. The van der Waals surface area contributed by atoms with Crippen LogP contribution >= 0.6 is 34.8 Å². The Morgan fingerprint density at radius 1 is 1.12 bits per heavy atom. The smallest absolute Gasteiger partial charge is 0.339 e. The number of carbonyl (C=O) groups is 2. The van der Waals surface area contributed by atoms with Gasteiger partial charge in [-0.3, -0.25) is 4.79 Å². The zero-order chi connectivity index (χ0) is 18.6. The molecule has 25 heavy (non-hydrogen) atoms. The topological polar surface area (TPSA) is 63.6 Å². The lowest BCUT2D eigenvalue weighted by Gasteiger charge is -2.14. The second-order valence-electron chi connectivity index (χ2n) is 5.19. The van der Waals surface area contributed by atoms with Crippen molar-refractivity contribution in [3.8, 4) is 0 Å². The van der Waals surface area contributed by atoms with Gasteiger partial charge in [0.15, 0.2) is 11.9 Å². The van der Waals surface area contributed by atoms with Gasteiger partial charge in [-0.05, 0) is 24.6 Å². The van der Waals surface area contributed by atoms with Crippen molar-refractivity contribution in [2.75, 3.05) is 6.61 Å². The molecule has 0 spiro atoms. The first-order valence-electron chi connectivity index (χ1n) is 7.45. The van der Waals surface area contributed by atoms with E-state index in [-0.39, 0.29) is 40.0 Å². The van der Waals surface area contributed by atoms with Gasteiger partial charge in [0.05, 0.1) is 6.61 Å². The monoisotopic (exact) mass is 400 g/mol. The maximum Gasteiger partial charge on any atom is 0.339 e. The first-order chi connectivity index (χ1) is 11.8. The average Bonchev–Trinajstić information content (AvgIpc) is 2.57. The van der Waals surface area contributed by atoms with E-state index < -0.39 is 12.1 Å². The SMILES string of the molecule is CCOC(=O)C(O)c1ccccc1C(=O)Cc1c(Cl)cc(Cl)cc1Cl. The van der Waals surface area contributed by atoms with Crippen molar-refractivity contribution in [3.05, 3.63) is 68.2 Å². The highest BCUT2D eigenvalue weighted by atomic mass is 35.5. The standard InChI is InChI=1S/C18H15Cl3O4/c1-2-25-18(24)17(23)12-6-4-3-5-11(12)16(22)9-13-14(20)7-10(19)8-15(13)21/h3-8,17,23H,2,9H2,1H3. The molecule has 1 atom stereocenters. The van der Waals surface area contributed by atoms with E-state index in [4.69, 9.17) is 39.5 Å². The molecule has 1 unspecified atom stereocenters. The van der Waals surface area contributed by atoms with E-state index in [1.54, 1.807) is 19.1 Å². The molecule has 2 aromatic rings. The third-order valence-corrected chi connectivity index (χ3v) is 4.40. The highest BCUT2D eigenvalue weighted by Crippen LogP contribution is 2.31. The summed E-state index contributed by atoms with van der Waals surface area (Å²) < 4.78 is 4.81. The van der Waals surface area contributed by atoms with Crippen LogP contribution in [0.5, 0.6) is 0 Å². The van der Waals surface area contributed by atoms with Crippen LogP contribution in [0.25, 0.3) is 0 Å². The molecule has 2 rings (SSSR count). The Hall–Kier alpha value is -1.59. The van der Waals surface area contributed by atoms with Crippen LogP contribution in [0.1, 0.15) is 34.5 Å². The number of esters is 1. The maximum absolute atomic E-state index is 12.7. The Balaban J connectivity index is 2.34. The first kappa shape index (κ1) is 19.7. The number of hydrogen-bond acceptors (Lipinski definition) is 4. The lowest BCUT2D eigenvalue weighted by Crippen LogP contribution is -2.19. The molecule has 0 aliphatic heterocycles. The summed E-state index contributed by atoms with van der Waals surface area (Å²) in [7, 11) is 0. The largest absolute Gasteiger partial charge is 0.464 e. The zero-order valence-corrected chi connectivity index (χ0v) is 15.5. The summed E-state index contributed by atoms with van der Waals surface area (Å²) in [6.07, 6.45) is -1.64. The highest BCUT2D eigenvalue weighted by Gasteiger charge is 2.25. The summed E-state index contributed by atoms with van der Waals surface area (Å²) in [4.78, 5) is 24.5. The van der Waals surface area contributed by atoms with Gasteiger partial charge in [-0.1, -0.05) is 59.1 Å². The number of carbonyl (C=O) groups excluding carboxylic acids is 2. The molecule has 4 nitrogen and oxygen atoms in total. The summed E-state index contributed by atoms with van der Waals surface area (Å²) in [5, 5.41) is 11.1. The van der Waals surface area contributed by atoms with Crippen molar-refractivity contribution in [3.63, 3.8) is 0 Å². The van der Waals surface area contributed by atoms with E-state index in [0.717, 1.165) is 0 Å². The number of rotatable bonds is 6. The van der Waals surface area contributed by atoms with Crippen LogP contribution in [0.15, 0.2) is 36.4 Å². The Kier molecular flexibility index (Phi) is 6.85. The Labute approximate surface area is 160 Å². The van der Waals surface area contributed by atoms with Gasteiger partial charge in [-0.15, -0.1) is 0 Å². The molecular weight excluding hydrogens is 387 g/mol. The van der Waals surface area contributed by atoms with Gasteiger partial charge in [-0.25, -0.2) is 4.79 Å². The minimum Gasteiger partial charge on any atom is -0.464 e. The van der Waals surface area contributed by atoms with Crippen LogP contribution in [0.2, 0.25) is 15.1 Å². The molecule has 0 saturated heterocycles. The third-order valence-electron chi connectivity index (χ3n) is 3.51. The van der Waals surface area contributed by atoms with Gasteiger partial charge in [0.2, 0.25) is 0 Å². The second-order valence-corrected chi connectivity index (χ2v) is 6.44. The van der Waals surface area contributed by atoms with E-state index in [2.05, 4.69) is 0 Å². The van der Waals surface area contributed by atoms with E-state index in [0.29, 0.717) is 10.6 Å². The number of halogens is 3. The zero-order valence-electron chi connectivity index (χ0n) is 13.3. The summed E-state index contributed by atoms with van der Waals surface area (Å²) in [6, 6.07) is 9.28. The quantitative estimate of drug-likeness (QED) is 0.564. The van der Waals surface area contributed by atoms with Crippen LogP contribution in [0.3, 0.4) is 0 Å². The van der Waals surface area contributed by atoms with Gasteiger partial charge < -0.3 is 9.84 Å². The van der Waals surface area contributed by atoms with Gasteiger partial charge in [0.25, 0.3) is 0 Å². The predicted octanol–water partition coefficient (Wildman–Crippen LogP) is 4.67. The molecule has 7 heteroatoms. The fourth-order valence-electron chi connectivity index (χ4n) is 2.33. The van der Waals surface area contributed by atoms with Crippen molar-refractivity contribution >= 4 is 46.6 Å². The Bertz CT molecular complexity index is 782. The van der Waals surface area contributed by atoms with Crippen LogP contribution in [0, 0.1) is 0 Å². The number of hydrogen-bond donors (Lipinski definition) is 1. The van der Waals surface area contributed by atoms with Crippen LogP contribution in [-0.2, 0) is 16.0 Å². The fourth-order valence-corrected chi connectivity index (χ4v) is 3.28. The number of aliphatic hydroxyl groups is 1. The lowest BCUT2D eigenvalue weighted by atomic mass is 9.95. The van der Waals surface area contributed by atoms with Crippen LogP contribution < -0.4 is 0 Å². The number of Topliss-reactive ketones (excluding diaryl/α,β-unsaturated/α-hetero) is 1. The Morgan fingerprint density at radius 3 is 2.32 bits per heavy atom. The molecule has 2 aromatic carbocycles. The van der Waals surface area contributed by atoms with Gasteiger partial charge >= 0.3 is 5.97 Å². The molecule has 0 bridgehead atoms. The number of ketones is 1. The number of ether oxygens (including phenoxy) is 1. The second kappa shape index (κ2) is 8.68. The first-order valence-corrected chi connectivity index (χ1v) is 8.58. The molecule has 0 heterocycles. The molecule has 0 aromatic heterocycles. The minimum atomic E-state index is -1.55. The molecule has 0 amide bonds. The van der Waals surface area contributed by atoms with Crippen molar-refractivity contribution in [2.45, 2.75) is 19.4 Å². The summed E-state index contributed by atoms with van der Waals surface area (Å²) >= 11 is 18.1. The molecule has 0 fully saturated rings. The van der Waals surface area contributed by atoms with E-state index >= 15 is 0 Å². The van der Waals surface area contributed by atoms with Crippen molar-refractivity contribution in [2.24, 2.45) is 0 Å². The molecule has 0 aliphatic rings. The predicted molar refractivity (Wildman–Crippen MR) is 97.5 cm³/mol. The molecule has 0 radical (unpaired) electrons. The molecule has 132 valence electrons. The summed E-state index contributed by atoms with van der Waals surface area (Å²) in [6.45, 7) is 1.76. The molecule has 1 N–H and O–H groups in total. The number of aliphatic hydroxyl groups excluding tert-OH is 1. The van der Waals surface area contributed by atoms with E-state index in [9.17, 15) is 14.7 Å². The van der Waals surface area contributed by atoms with Gasteiger partial charge in [0.1, 0.15) is 0 Å². The van der Waals surface area contributed by atoms with Crippen LogP contribution in [-0.4, -0.2) is 23.5 Å². The lowest BCUT2D eigenvalue weighted by molar-refractivity contribution is -0.153. The molecule has 0 aliphatic carbocycles. The van der Waals surface area contributed by atoms with Crippen LogP contribution in [0.4, 0.5) is 0 Å². The Morgan fingerprint density at radius 2 is 1.72 bits per heavy atom. The van der Waals surface area contributed by atoms with Crippen molar-refractivity contribution in [1.82, 2.24) is 0 Å². The maximum atomic E-state index is 12.7. The minimum absolute atomic E-state index is 0.0958. The normalized spacial score (nSPS) is 11.9. The number of benzene rings is 2. The van der Waals surface area contributed by atoms with Gasteiger partial charge in [-0.2, -0.15) is 0 Å². The van der Waals surface area contributed by atoms with Crippen molar-refractivity contribution in [1.29, 1.82) is 0 Å². The summed E-state index contributed by atoms with van der Waals surface area (Å²) in [5.74, 6) is -1.16. The molecule has 0 saturated carbocycles. The van der Waals surface area contributed by atoms with Crippen molar-refractivity contribution < 1.29 is 19.4 Å². The molecular formula is C18H15Cl3O4.